The van der Waals surface area contributed by atoms with Gasteiger partial charge in [0.05, 0.1) is 17.4 Å². The zero-order valence-corrected chi connectivity index (χ0v) is 10.4. The van der Waals surface area contributed by atoms with Gasteiger partial charge in [0.2, 0.25) is 0 Å². The molecular formula is C12H10ClF3N2O. The van der Waals surface area contributed by atoms with Gasteiger partial charge in [0, 0.05) is 18.6 Å². The molecule has 3 nitrogen and oxygen atoms in total. The molecule has 0 bridgehead atoms. The van der Waals surface area contributed by atoms with Gasteiger partial charge in [-0.05, 0) is 24.3 Å². The lowest BCUT2D eigenvalue weighted by atomic mass is 10.2. The Morgan fingerprint density at radius 1 is 1.21 bits per heavy atom. The fourth-order valence-corrected chi connectivity index (χ4v) is 1.91. The molecule has 0 amide bonds. The fourth-order valence-electron chi connectivity index (χ4n) is 1.63. The van der Waals surface area contributed by atoms with Crippen LogP contribution in [0.25, 0.3) is 5.69 Å². The van der Waals surface area contributed by atoms with Crippen LogP contribution in [0.15, 0.2) is 30.5 Å². The first-order valence-electron chi connectivity index (χ1n) is 5.44. The van der Waals surface area contributed by atoms with E-state index >= 15 is 0 Å². The quantitative estimate of drug-likeness (QED) is 0.943. The van der Waals surface area contributed by atoms with E-state index in [0.717, 1.165) is 12.1 Å². The van der Waals surface area contributed by atoms with Crippen LogP contribution in [-0.4, -0.2) is 21.5 Å². The van der Waals surface area contributed by atoms with E-state index in [4.69, 9.17) is 16.7 Å². The Kier molecular flexibility index (Phi) is 3.82. The molecule has 0 aliphatic heterocycles. The van der Waals surface area contributed by atoms with Crippen LogP contribution in [0.3, 0.4) is 0 Å². The van der Waals surface area contributed by atoms with Gasteiger partial charge in [0.15, 0.2) is 0 Å². The minimum atomic E-state index is -4.37. The van der Waals surface area contributed by atoms with Crippen molar-refractivity contribution >= 4 is 11.6 Å². The van der Waals surface area contributed by atoms with E-state index < -0.39 is 11.7 Å². The zero-order valence-electron chi connectivity index (χ0n) is 9.65. The number of halogens is 4. The molecule has 0 fully saturated rings. The molecule has 102 valence electrons. The van der Waals surface area contributed by atoms with Crippen LogP contribution in [0.1, 0.15) is 11.1 Å². The monoisotopic (exact) mass is 290 g/mol. The second-order valence-electron chi connectivity index (χ2n) is 3.89. The summed E-state index contributed by atoms with van der Waals surface area (Å²) < 4.78 is 38.6. The average Bonchev–Trinajstić information content (AvgIpc) is 2.71. The van der Waals surface area contributed by atoms with Crippen LogP contribution in [0.2, 0.25) is 5.15 Å². The van der Waals surface area contributed by atoms with Crippen LogP contribution in [0.5, 0.6) is 0 Å². The highest BCUT2D eigenvalue weighted by molar-refractivity contribution is 6.30. The molecule has 0 radical (unpaired) electrons. The van der Waals surface area contributed by atoms with Crippen LogP contribution >= 0.6 is 11.6 Å². The Labute approximate surface area is 112 Å². The first-order valence-corrected chi connectivity index (χ1v) is 5.82. The van der Waals surface area contributed by atoms with Gasteiger partial charge in [-0.25, -0.2) is 4.68 Å². The molecule has 0 unspecified atom stereocenters. The van der Waals surface area contributed by atoms with Crippen LogP contribution in [-0.2, 0) is 12.6 Å². The van der Waals surface area contributed by atoms with Crippen molar-refractivity contribution in [1.29, 1.82) is 0 Å². The highest BCUT2D eigenvalue weighted by Gasteiger charge is 2.30. The van der Waals surface area contributed by atoms with Gasteiger partial charge < -0.3 is 5.11 Å². The highest BCUT2D eigenvalue weighted by atomic mass is 35.5. The number of aliphatic hydroxyl groups is 1. The molecule has 7 heteroatoms. The van der Waals surface area contributed by atoms with Gasteiger partial charge in [0.1, 0.15) is 5.15 Å². The standard InChI is InChI=1S/C12H10ClF3N2O/c13-11-8(5-6-19)7-17-18(11)10-3-1-9(2-4-10)12(14,15)16/h1-4,7,19H,5-6H2. The summed E-state index contributed by atoms with van der Waals surface area (Å²) in [5.74, 6) is 0. The fraction of sp³-hybridized carbons (Fsp3) is 0.250. The number of aromatic nitrogens is 2. The van der Waals surface area contributed by atoms with Crippen molar-refractivity contribution in [2.75, 3.05) is 6.61 Å². The topological polar surface area (TPSA) is 38.1 Å². The van der Waals surface area contributed by atoms with E-state index in [1.165, 1.54) is 23.0 Å². The highest BCUT2D eigenvalue weighted by Crippen LogP contribution is 2.30. The third-order valence-electron chi connectivity index (χ3n) is 2.60. The Morgan fingerprint density at radius 2 is 1.84 bits per heavy atom. The maximum atomic E-state index is 12.4. The summed E-state index contributed by atoms with van der Waals surface area (Å²) in [4.78, 5) is 0. The molecule has 1 heterocycles. The van der Waals surface area contributed by atoms with E-state index in [1.54, 1.807) is 0 Å². The van der Waals surface area contributed by atoms with E-state index in [-0.39, 0.29) is 11.8 Å². The van der Waals surface area contributed by atoms with Crippen LogP contribution < -0.4 is 0 Å². The van der Waals surface area contributed by atoms with Gasteiger partial charge in [-0.1, -0.05) is 11.6 Å². The lowest BCUT2D eigenvalue weighted by Crippen LogP contribution is -2.05. The molecule has 1 N–H and O–H groups in total. The van der Waals surface area contributed by atoms with Gasteiger partial charge in [-0.15, -0.1) is 0 Å². The van der Waals surface area contributed by atoms with E-state index in [1.807, 2.05) is 0 Å². The van der Waals surface area contributed by atoms with Crippen molar-refractivity contribution in [2.45, 2.75) is 12.6 Å². The van der Waals surface area contributed by atoms with Crippen molar-refractivity contribution in [3.63, 3.8) is 0 Å². The third kappa shape index (κ3) is 2.90. The lowest BCUT2D eigenvalue weighted by Gasteiger charge is -2.08. The maximum absolute atomic E-state index is 12.4. The SMILES string of the molecule is OCCc1cnn(-c2ccc(C(F)(F)F)cc2)c1Cl. The molecule has 2 rings (SSSR count). The van der Waals surface area contributed by atoms with E-state index in [2.05, 4.69) is 5.10 Å². The van der Waals surface area contributed by atoms with Gasteiger partial charge >= 0.3 is 6.18 Å². The average molecular weight is 291 g/mol. The molecular weight excluding hydrogens is 281 g/mol. The molecule has 0 atom stereocenters. The minimum Gasteiger partial charge on any atom is -0.396 e. The smallest absolute Gasteiger partial charge is 0.396 e. The largest absolute Gasteiger partial charge is 0.416 e. The summed E-state index contributed by atoms with van der Waals surface area (Å²) in [5, 5.41) is 13.1. The summed E-state index contributed by atoms with van der Waals surface area (Å²) in [6.07, 6.45) is -2.54. The predicted molar refractivity (Wildman–Crippen MR) is 64.4 cm³/mol. The zero-order chi connectivity index (χ0) is 14.0. The van der Waals surface area contributed by atoms with Gasteiger partial charge in [-0.2, -0.15) is 18.3 Å². The number of hydrogen-bond donors (Lipinski definition) is 1. The van der Waals surface area contributed by atoms with Gasteiger partial charge in [-0.3, -0.25) is 0 Å². The summed E-state index contributed by atoms with van der Waals surface area (Å²) >= 11 is 6.03. The maximum Gasteiger partial charge on any atom is 0.416 e. The molecule has 0 saturated carbocycles. The first-order chi connectivity index (χ1) is 8.93. The number of benzene rings is 1. The van der Waals surface area contributed by atoms with E-state index in [0.29, 0.717) is 17.7 Å². The number of hydrogen-bond acceptors (Lipinski definition) is 2. The number of aliphatic hydroxyl groups excluding tert-OH is 1. The normalized spacial score (nSPS) is 11.8. The predicted octanol–water partition coefficient (Wildman–Crippen LogP) is 3.08. The Morgan fingerprint density at radius 3 is 2.37 bits per heavy atom. The number of nitrogens with zero attached hydrogens (tertiary/aromatic N) is 2. The first kappa shape index (κ1) is 13.9. The Hall–Kier alpha value is -1.53. The Bertz CT molecular complexity index is 563. The van der Waals surface area contributed by atoms with Crippen molar-refractivity contribution in [2.24, 2.45) is 0 Å². The lowest BCUT2D eigenvalue weighted by molar-refractivity contribution is -0.137. The van der Waals surface area contributed by atoms with Crippen LogP contribution in [0.4, 0.5) is 13.2 Å². The second-order valence-corrected chi connectivity index (χ2v) is 4.25. The number of rotatable bonds is 3. The molecule has 2 aromatic rings. The van der Waals surface area contributed by atoms with Crippen LogP contribution in [0, 0.1) is 0 Å². The molecule has 1 aromatic carbocycles. The van der Waals surface area contributed by atoms with E-state index in [9.17, 15) is 13.2 Å². The molecule has 19 heavy (non-hydrogen) atoms. The third-order valence-corrected chi connectivity index (χ3v) is 3.00. The summed E-state index contributed by atoms with van der Waals surface area (Å²) in [7, 11) is 0. The summed E-state index contributed by atoms with van der Waals surface area (Å²) in [6.45, 7) is -0.0710. The summed E-state index contributed by atoms with van der Waals surface area (Å²) in [6, 6.07) is 4.53. The molecule has 0 aliphatic rings. The number of alkyl halides is 3. The minimum absolute atomic E-state index is 0.0710. The molecule has 0 aliphatic carbocycles. The van der Waals surface area contributed by atoms with Crippen molar-refractivity contribution in [3.8, 4) is 5.69 Å². The molecule has 0 saturated heterocycles. The summed E-state index contributed by atoms with van der Waals surface area (Å²) in [5.41, 5.74) is 0.348. The van der Waals surface area contributed by atoms with Gasteiger partial charge in [0.25, 0.3) is 0 Å². The Balaban J connectivity index is 2.32. The second kappa shape index (κ2) is 5.22. The molecule has 0 spiro atoms. The van der Waals surface area contributed by atoms with Crippen molar-refractivity contribution < 1.29 is 18.3 Å². The van der Waals surface area contributed by atoms with Crippen molar-refractivity contribution in [1.82, 2.24) is 9.78 Å². The molecule has 1 aromatic heterocycles. The van der Waals surface area contributed by atoms with Crippen molar-refractivity contribution in [3.05, 3.63) is 46.7 Å².